The highest BCUT2D eigenvalue weighted by atomic mass is 15.2. The lowest BCUT2D eigenvalue weighted by molar-refractivity contribution is 0.0354. The highest BCUT2D eigenvalue weighted by Crippen LogP contribution is 2.44. The fourth-order valence-corrected chi connectivity index (χ4v) is 3.40. The van der Waals surface area contributed by atoms with Crippen LogP contribution in [0.25, 0.3) is 0 Å². The van der Waals surface area contributed by atoms with E-state index in [2.05, 4.69) is 52.5 Å². The summed E-state index contributed by atoms with van der Waals surface area (Å²) < 4.78 is 0. The van der Waals surface area contributed by atoms with Gasteiger partial charge in [-0.2, -0.15) is 0 Å². The SMILES string of the molecule is CC(C)(C)C1=CC2CCC1CN2C(C)(C)C. The zero-order chi connectivity index (χ0) is 12.1. The van der Waals surface area contributed by atoms with Gasteiger partial charge in [0.25, 0.3) is 0 Å². The lowest BCUT2D eigenvalue weighted by Crippen LogP contribution is -2.56. The van der Waals surface area contributed by atoms with Gasteiger partial charge in [0.1, 0.15) is 0 Å². The highest BCUT2D eigenvalue weighted by molar-refractivity contribution is 5.25. The predicted octanol–water partition coefficient (Wildman–Crippen LogP) is 3.85. The molecular weight excluding hydrogens is 194 g/mol. The molecule has 0 amide bonds. The van der Waals surface area contributed by atoms with Gasteiger partial charge in [-0.05, 0) is 44.9 Å². The van der Waals surface area contributed by atoms with Gasteiger partial charge in [0.2, 0.25) is 0 Å². The largest absolute Gasteiger partial charge is 0.291 e. The normalized spacial score (nSPS) is 31.8. The van der Waals surface area contributed by atoms with E-state index >= 15 is 0 Å². The standard InChI is InChI=1S/C15H27N/c1-14(2,3)13-9-12-8-7-11(13)10-16(12)15(4,5)6/h9,11-12H,7-8,10H2,1-6H3. The Morgan fingerprint density at radius 1 is 1.06 bits per heavy atom. The Bertz CT molecular complexity index is 300. The second-order valence-corrected chi connectivity index (χ2v) is 7.54. The molecule has 1 fully saturated rings. The number of hydrogen-bond acceptors (Lipinski definition) is 1. The quantitative estimate of drug-likeness (QED) is 0.562. The molecule has 0 N–H and O–H groups in total. The van der Waals surface area contributed by atoms with Gasteiger partial charge in [-0.15, -0.1) is 0 Å². The summed E-state index contributed by atoms with van der Waals surface area (Å²) in [6, 6.07) is 0.694. The molecule has 0 saturated carbocycles. The first-order valence-electron chi connectivity index (χ1n) is 6.68. The van der Waals surface area contributed by atoms with Gasteiger partial charge in [0, 0.05) is 18.1 Å². The van der Waals surface area contributed by atoms with Crippen LogP contribution in [0.2, 0.25) is 0 Å². The lowest BCUT2D eigenvalue weighted by Gasteiger charge is -2.52. The smallest absolute Gasteiger partial charge is 0.0286 e. The van der Waals surface area contributed by atoms with Gasteiger partial charge in [-0.3, -0.25) is 4.90 Å². The van der Waals surface area contributed by atoms with Crippen molar-refractivity contribution in [2.24, 2.45) is 11.3 Å². The molecule has 0 radical (unpaired) electrons. The van der Waals surface area contributed by atoms with Crippen molar-refractivity contribution in [2.45, 2.75) is 66.0 Å². The minimum Gasteiger partial charge on any atom is -0.291 e. The predicted molar refractivity (Wildman–Crippen MR) is 70.5 cm³/mol. The van der Waals surface area contributed by atoms with Crippen molar-refractivity contribution in [2.75, 3.05) is 6.54 Å². The zero-order valence-electron chi connectivity index (χ0n) is 11.8. The molecule has 2 atom stereocenters. The van der Waals surface area contributed by atoms with Crippen LogP contribution in [-0.2, 0) is 0 Å². The minimum absolute atomic E-state index is 0.323. The minimum atomic E-state index is 0.323. The maximum atomic E-state index is 2.69. The van der Waals surface area contributed by atoms with E-state index in [1.54, 1.807) is 5.57 Å². The summed E-state index contributed by atoms with van der Waals surface area (Å²) in [4.78, 5) is 2.69. The molecule has 1 aliphatic carbocycles. The molecule has 16 heavy (non-hydrogen) atoms. The fraction of sp³-hybridized carbons (Fsp3) is 0.867. The number of piperidine rings is 1. The van der Waals surface area contributed by atoms with E-state index in [1.807, 2.05) is 0 Å². The van der Waals surface area contributed by atoms with E-state index in [0.717, 1.165) is 5.92 Å². The summed E-state index contributed by atoms with van der Waals surface area (Å²) in [5.74, 6) is 0.809. The van der Waals surface area contributed by atoms with Crippen molar-refractivity contribution in [3.8, 4) is 0 Å². The van der Waals surface area contributed by atoms with Crippen molar-refractivity contribution in [1.29, 1.82) is 0 Å². The molecule has 1 saturated heterocycles. The Kier molecular flexibility index (Phi) is 2.73. The van der Waals surface area contributed by atoms with Gasteiger partial charge >= 0.3 is 0 Å². The Hall–Kier alpha value is -0.300. The summed E-state index contributed by atoms with van der Waals surface area (Å²) in [6.45, 7) is 15.4. The first-order chi connectivity index (χ1) is 7.19. The number of nitrogens with zero attached hydrogens (tertiary/aromatic N) is 1. The van der Waals surface area contributed by atoms with Crippen molar-refractivity contribution < 1.29 is 0 Å². The van der Waals surface area contributed by atoms with Crippen LogP contribution in [0, 0.1) is 11.3 Å². The van der Waals surface area contributed by atoms with E-state index in [9.17, 15) is 0 Å². The first kappa shape index (κ1) is 12.2. The fourth-order valence-electron chi connectivity index (χ4n) is 3.40. The van der Waals surface area contributed by atoms with Crippen molar-refractivity contribution in [3.63, 3.8) is 0 Å². The number of hydrogen-bond donors (Lipinski definition) is 0. The lowest BCUT2D eigenvalue weighted by atomic mass is 9.69. The summed E-state index contributed by atoms with van der Waals surface area (Å²) in [5.41, 5.74) is 2.40. The maximum absolute atomic E-state index is 2.69. The number of fused-ring (bicyclic) bond motifs is 2. The third-order valence-electron chi connectivity index (χ3n) is 4.17. The van der Waals surface area contributed by atoms with Crippen molar-refractivity contribution in [1.82, 2.24) is 4.90 Å². The van der Waals surface area contributed by atoms with Gasteiger partial charge in [0.15, 0.2) is 0 Å². The molecule has 92 valence electrons. The molecule has 0 spiro atoms. The van der Waals surface area contributed by atoms with Crippen molar-refractivity contribution >= 4 is 0 Å². The van der Waals surface area contributed by atoms with E-state index < -0.39 is 0 Å². The molecule has 3 rings (SSSR count). The van der Waals surface area contributed by atoms with Gasteiger partial charge in [0.05, 0.1) is 0 Å². The van der Waals surface area contributed by atoms with Crippen LogP contribution in [0.1, 0.15) is 54.4 Å². The zero-order valence-corrected chi connectivity index (χ0v) is 11.8. The Morgan fingerprint density at radius 2 is 1.69 bits per heavy atom. The second-order valence-electron chi connectivity index (χ2n) is 7.54. The maximum Gasteiger partial charge on any atom is 0.0286 e. The molecule has 2 bridgehead atoms. The van der Waals surface area contributed by atoms with E-state index in [4.69, 9.17) is 0 Å². The van der Waals surface area contributed by atoms with E-state index in [-0.39, 0.29) is 0 Å². The van der Waals surface area contributed by atoms with Crippen LogP contribution in [-0.4, -0.2) is 23.0 Å². The molecule has 3 aliphatic rings. The van der Waals surface area contributed by atoms with Crippen LogP contribution in [0.4, 0.5) is 0 Å². The average molecular weight is 221 g/mol. The summed E-state index contributed by atoms with van der Waals surface area (Å²) in [5, 5.41) is 0. The Balaban J connectivity index is 2.27. The van der Waals surface area contributed by atoms with Gasteiger partial charge in [-0.25, -0.2) is 0 Å². The summed E-state index contributed by atoms with van der Waals surface area (Å²) in [6.07, 6.45) is 5.34. The van der Waals surface area contributed by atoms with E-state index in [1.165, 1.54) is 19.4 Å². The summed E-state index contributed by atoms with van der Waals surface area (Å²) in [7, 11) is 0. The molecule has 1 heteroatoms. The molecule has 1 nitrogen and oxygen atoms in total. The summed E-state index contributed by atoms with van der Waals surface area (Å²) >= 11 is 0. The second kappa shape index (κ2) is 3.60. The topological polar surface area (TPSA) is 3.24 Å². The third kappa shape index (κ3) is 2.07. The van der Waals surface area contributed by atoms with Crippen LogP contribution in [0.5, 0.6) is 0 Å². The van der Waals surface area contributed by atoms with Gasteiger partial charge in [-0.1, -0.05) is 32.4 Å². The third-order valence-corrected chi connectivity index (χ3v) is 4.17. The molecule has 0 aromatic carbocycles. The van der Waals surface area contributed by atoms with Crippen LogP contribution in [0.3, 0.4) is 0 Å². The van der Waals surface area contributed by atoms with Crippen molar-refractivity contribution in [3.05, 3.63) is 11.6 Å². The molecule has 2 heterocycles. The monoisotopic (exact) mass is 221 g/mol. The van der Waals surface area contributed by atoms with Crippen LogP contribution >= 0.6 is 0 Å². The Labute approximate surface area is 101 Å². The van der Waals surface area contributed by atoms with Crippen LogP contribution in [0.15, 0.2) is 11.6 Å². The first-order valence-corrected chi connectivity index (χ1v) is 6.68. The van der Waals surface area contributed by atoms with E-state index in [0.29, 0.717) is 17.0 Å². The average Bonchev–Trinajstić information content (AvgIpc) is 2.15. The van der Waals surface area contributed by atoms with Gasteiger partial charge < -0.3 is 0 Å². The molecule has 2 unspecified atom stereocenters. The molecule has 0 aromatic heterocycles. The molecule has 2 aliphatic heterocycles. The number of rotatable bonds is 0. The molecular formula is C15H27N. The Morgan fingerprint density at radius 3 is 2.06 bits per heavy atom. The molecule has 0 aromatic rings. The van der Waals surface area contributed by atoms with Crippen LogP contribution < -0.4 is 0 Å². The highest BCUT2D eigenvalue weighted by Gasteiger charge is 2.41.